The summed E-state index contributed by atoms with van der Waals surface area (Å²) in [6.07, 6.45) is 0. The fraction of sp³-hybridized carbons (Fsp3) is 0.667. The van der Waals surface area contributed by atoms with Gasteiger partial charge in [-0.1, -0.05) is 0 Å². The molecular weight excluding hydrogens is 436 g/mol. The topological polar surface area (TPSA) is 99.7 Å². The van der Waals surface area contributed by atoms with Crippen LogP contribution in [0.1, 0.15) is 13.8 Å². The van der Waals surface area contributed by atoms with Gasteiger partial charge in [-0.15, -0.1) is 24.8 Å². The molecule has 0 aliphatic rings. The van der Waals surface area contributed by atoms with E-state index in [2.05, 4.69) is 13.8 Å². The smallest absolute Gasteiger partial charge is 0.147 e. The van der Waals surface area contributed by atoms with Crippen LogP contribution in [0.15, 0.2) is 0 Å². The van der Waals surface area contributed by atoms with E-state index in [0.29, 0.717) is 31.9 Å². The molecule has 0 bridgehead atoms. The quantitative estimate of drug-likeness (QED) is 0.264. The molecule has 0 saturated heterocycles. The predicted octanol–water partition coefficient (Wildman–Crippen LogP) is 0.261. The zero-order valence-corrected chi connectivity index (χ0v) is 15.1. The minimum absolute atomic E-state index is 0. The largest absolute Gasteiger partial charge is 0.147 e. The average Bonchev–Trinajstić information content (AvgIpc) is 1.80. The second kappa shape index (κ2) is 11.6. The Bertz CT molecular complexity index is 185. The summed E-state index contributed by atoms with van der Waals surface area (Å²) in [5.74, 6) is 0. The Labute approximate surface area is 122 Å². The van der Waals surface area contributed by atoms with Gasteiger partial charge in [0.25, 0.3) is 0 Å². The van der Waals surface area contributed by atoms with E-state index in [0.717, 1.165) is 0 Å². The summed E-state index contributed by atoms with van der Waals surface area (Å²) in [6.45, 7) is 4.27. The monoisotopic (exact) mass is 454 g/mol. The molecule has 0 aromatic rings. The standard InChI is InChI=1S/C6H14N4Se3.2ClH/c1-3(12-5(7)8)11-4(2)13-6(9)10;;/h3-4H,1-2H3,(H3,7,8)(H3,9,10);2*1H. The van der Waals surface area contributed by atoms with Crippen LogP contribution in [-0.2, 0) is 0 Å². The van der Waals surface area contributed by atoms with Gasteiger partial charge in [-0.25, -0.2) is 0 Å². The summed E-state index contributed by atoms with van der Waals surface area (Å²) in [7, 11) is 0. The fourth-order valence-electron chi connectivity index (χ4n) is 0.683. The molecule has 0 saturated carbocycles. The first-order valence-electron chi connectivity index (χ1n) is 3.58. The van der Waals surface area contributed by atoms with Gasteiger partial charge < -0.3 is 0 Å². The molecule has 0 heterocycles. The second-order valence-corrected chi connectivity index (χ2v) is 14.6. The van der Waals surface area contributed by atoms with Crippen LogP contribution < -0.4 is 11.5 Å². The minimum Gasteiger partial charge on any atom is -0.147 e. The maximum atomic E-state index is 7.16. The minimum atomic E-state index is 0. The van der Waals surface area contributed by atoms with Gasteiger partial charge in [-0.05, 0) is 0 Å². The third-order valence-electron chi connectivity index (χ3n) is 0.969. The Kier molecular flexibility index (Phi) is 16.5. The molecule has 0 rings (SSSR count). The van der Waals surface area contributed by atoms with Crippen molar-refractivity contribution in [2.45, 2.75) is 21.3 Å². The molecule has 4 nitrogen and oxygen atoms in total. The van der Waals surface area contributed by atoms with E-state index >= 15 is 0 Å². The first-order valence-corrected chi connectivity index (χ1v) is 9.25. The molecule has 0 radical (unpaired) electrons. The van der Waals surface area contributed by atoms with Crippen molar-refractivity contribution in [1.29, 1.82) is 10.8 Å². The van der Waals surface area contributed by atoms with Gasteiger partial charge in [-0.2, -0.15) is 0 Å². The molecule has 0 aromatic heterocycles. The summed E-state index contributed by atoms with van der Waals surface area (Å²) >= 11 is 0.750. The van der Waals surface area contributed by atoms with E-state index in [9.17, 15) is 0 Å². The fourth-order valence-corrected chi connectivity index (χ4v) is 12.5. The van der Waals surface area contributed by atoms with Crippen LogP contribution in [0.3, 0.4) is 0 Å². The number of nitrogens with one attached hydrogen (secondary N) is 2. The van der Waals surface area contributed by atoms with Crippen molar-refractivity contribution in [1.82, 2.24) is 0 Å². The number of halogens is 2. The van der Waals surface area contributed by atoms with E-state index in [1.54, 1.807) is 0 Å². The zero-order valence-electron chi connectivity index (χ0n) is 8.35. The summed E-state index contributed by atoms with van der Waals surface area (Å²) in [5, 5.41) is 14.3. The number of hydrogen-bond donors (Lipinski definition) is 4. The van der Waals surface area contributed by atoms with E-state index in [1.165, 1.54) is 0 Å². The van der Waals surface area contributed by atoms with Crippen LogP contribution in [0, 0.1) is 10.8 Å². The molecule has 0 aliphatic carbocycles. The summed E-state index contributed by atoms with van der Waals surface area (Å²) < 4.78 is 1.75. The summed E-state index contributed by atoms with van der Waals surface area (Å²) in [4.78, 5) is 0. The maximum Gasteiger partial charge on any atom is -0.147 e. The normalized spacial score (nSPS) is 12.9. The third kappa shape index (κ3) is 15.1. The van der Waals surface area contributed by atoms with Gasteiger partial charge >= 0.3 is 97.9 Å². The third-order valence-corrected chi connectivity index (χ3v) is 9.56. The molecule has 0 spiro atoms. The molecule has 6 N–H and O–H groups in total. The van der Waals surface area contributed by atoms with E-state index in [4.69, 9.17) is 22.3 Å². The summed E-state index contributed by atoms with van der Waals surface area (Å²) in [6, 6.07) is 0. The van der Waals surface area contributed by atoms with Crippen LogP contribution in [0.25, 0.3) is 0 Å². The van der Waals surface area contributed by atoms with E-state index in [1.807, 2.05) is 0 Å². The first kappa shape index (κ1) is 21.4. The molecular formula is C6H16Cl2N4Se3. The molecule has 2 unspecified atom stereocenters. The number of rotatable bonds is 6. The van der Waals surface area contributed by atoms with Crippen LogP contribution in [0.2, 0.25) is 7.43 Å². The second-order valence-electron chi connectivity index (χ2n) is 2.24. The Morgan fingerprint density at radius 1 is 0.933 bits per heavy atom. The zero-order chi connectivity index (χ0) is 10.4. The van der Waals surface area contributed by atoms with Crippen molar-refractivity contribution in [3.8, 4) is 0 Å². The SMILES string of the molecule is CC([Se]C(=N)N)[Se]C(C)[Se]C(=N)N.Cl.Cl. The first-order chi connectivity index (χ1) is 5.91. The van der Waals surface area contributed by atoms with Gasteiger partial charge in [0.15, 0.2) is 0 Å². The maximum absolute atomic E-state index is 7.16. The number of nitrogens with two attached hydrogens (primary N) is 2. The van der Waals surface area contributed by atoms with Crippen LogP contribution in [-0.4, -0.2) is 54.3 Å². The molecule has 2 atom stereocenters. The van der Waals surface area contributed by atoms with Gasteiger partial charge in [0, 0.05) is 0 Å². The predicted molar refractivity (Wildman–Crippen MR) is 74.4 cm³/mol. The van der Waals surface area contributed by atoms with Crippen molar-refractivity contribution in [3.63, 3.8) is 0 Å². The van der Waals surface area contributed by atoms with Gasteiger partial charge in [0.05, 0.1) is 0 Å². The van der Waals surface area contributed by atoms with Crippen molar-refractivity contribution in [2.24, 2.45) is 11.5 Å². The molecule has 0 amide bonds. The molecule has 0 aromatic carbocycles. The van der Waals surface area contributed by atoms with Crippen LogP contribution in [0.4, 0.5) is 0 Å². The van der Waals surface area contributed by atoms with Crippen molar-refractivity contribution >= 4 is 79.2 Å². The Hall–Kier alpha value is 1.08. The Morgan fingerprint density at radius 3 is 1.40 bits per heavy atom. The van der Waals surface area contributed by atoms with Gasteiger partial charge in [0.2, 0.25) is 0 Å². The van der Waals surface area contributed by atoms with Gasteiger partial charge in [0.1, 0.15) is 0 Å². The molecule has 92 valence electrons. The van der Waals surface area contributed by atoms with Crippen molar-refractivity contribution < 1.29 is 0 Å². The van der Waals surface area contributed by atoms with E-state index < -0.39 is 0 Å². The summed E-state index contributed by atoms with van der Waals surface area (Å²) in [5.41, 5.74) is 10.7. The average molecular weight is 452 g/mol. The van der Waals surface area contributed by atoms with Crippen molar-refractivity contribution in [2.75, 3.05) is 0 Å². The van der Waals surface area contributed by atoms with Crippen molar-refractivity contribution in [3.05, 3.63) is 0 Å². The Morgan fingerprint density at radius 2 is 1.20 bits per heavy atom. The van der Waals surface area contributed by atoms with Crippen LogP contribution >= 0.6 is 24.8 Å². The van der Waals surface area contributed by atoms with Crippen LogP contribution in [0.5, 0.6) is 0 Å². The molecule has 0 fully saturated rings. The number of hydrogen-bond acceptors (Lipinski definition) is 2. The molecule has 0 aliphatic heterocycles. The Balaban J connectivity index is -0.000000720. The number of amidine groups is 2. The molecule has 15 heavy (non-hydrogen) atoms. The molecule has 9 heteroatoms. The van der Waals surface area contributed by atoms with E-state index in [-0.39, 0.29) is 54.7 Å². The van der Waals surface area contributed by atoms with Gasteiger partial charge in [-0.3, -0.25) is 0 Å².